The van der Waals surface area contributed by atoms with Crippen molar-refractivity contribution in [3.8, 4) is 16.8 Å². The number of nitrogens with zero attached hydrogens (tertiary/aromatic N) is 6. The summed E-state index contributed by atoms with van der Waals surface area (Å²) in [6.45, 7) is 5.91. The molecule has 0 aliphatic rings. The Hall–Kier alpha value is -4.07. The third kappa shape index (κ3) is 3.71. The van der Waals surface area contributed by atoms with E-state index in [9.17, 15) is 4.39 Å². The van der Waals surface area contributed by atoms with E-state index in [1.165, 1.54) is 6.07 Å². The van der Waals surface area contributed by atoms with E-state index in [-0.39, 0.29) is 11.9 Å². The zero-order valence-corrected chi connectivity index (χ0v) is 18.0. The minimum atomic E-state index is -0.251. The molecule has 7 nitrogen and oxygen atoms in total. The Morgan fingerprint density at radius 1 is 0.969 bits per heavy atom. The van der Waals surface area contributed by atoms with Gasteiger partial charge in [-0.2, -0.15) is 10.2 Å². The normalized spacial score (nSPS) is 12.2. The van der Waals surface area contributed by atoms with Crippen LogP contribution in [0.3, 0.4) is 0 Å². The Labute approximate surface area is 184 Å². The first kappa shape index (κ1) is 19.9. The van der Waals surface area contributed by atoms with Crippen LogP contribution in [-0.4, -0.2) is 29.4 Å². The molecule has 1 atom stereocenters. The van der Waals surface area contributed by atoms with Crippen LogP contribution in [0.4, 0.5) is 10.2 Å². The first-order valence-electron chi connectivity index (χ1n) is 10.3. The Kier molecular flexibility index (Phi) is 4.89. The number of aromatic nitrogens is 6. The van der Waals surface area contributed by atoms with E-state index in [2.05, 4.69) is 20.5 Å². The van der Waals surface area contributed by atoms with Crippen LogP contribution >= 0.6 is 0 Å². The predicted octanol–water partition coefficient (Wildman–Crippen LogP) is 4.91. The van der Waals surface area contributed by atoms with Gasteiger partial charge in [-0.05, 0) is 56.2 Å². The van der Waals surface area contributed by atoms with Crippen LogP contribution in [0.5, 0.6) is 0 Å². The summed E-state index contributed by atoms with van der Waals surface area (Å²) in [5.41, 5.74) is 6.25. The highest BCUT2D eigenvalue weighted by atomic mass is 19.1. The van der Waals surface area contributed by atoms with Crippen molar-refractivity contribution in [2.24, 2.45) is 0 Å². The van der Waals surface area contributed by atoms with Gasteiger partial charge in [-0.3, -0.25) is 4.98 Å². The molecule has 5 aromatic rings. The summed E-state index contributed by atoms with van der Waals surface area (Å²) in [7, 11) is 0. The monoisotopic (exact) mass is 427 g/mol. The Bertz CT molecular complexity index is 1400. The lowest BCUT2D eigenvalue weighted by atomic mass is 10.0. The van der Waals surface area contributed by atoms with Gasteiger partial charge in [-0.15, -0.1) is 0 Å². The molecule has 0 aliphatic carbocycles. The lowest BCUT2D eigenvalue weighted by Gasteiger charge is -2.17. The number of rotatable bonds is 5. The average molecular weight is 427 g/mol. The molecular formula is C24H22FN7. The van der Waals surface area contributed by atoms with Crippen molar-refractivity contribution in [3.05, 3.63) is 90.0 Å². The Morgan fingerprint density at radius 2 is 1.84 bits per heavy atom. The Morgan fingerprint density at radius 3 is 2.66 bits per heavy atom. The number of aryl methyl sites for hydroxylation is 2. The van der Waals surface area contributed by atoms with E-state index in [1.54, 1.807) is 33.7 Å². The summed E-state index contributed by atoms with van der Waals surface area (Å²) < 4.78 is 17.2. The van der Waals surface area contributed by atoms with Crippen molar-refractivity contribution in [2.45, 2.75) is 26.8 Å². The first-order chi connectivity index (χ1) is 15.5. The van der Waals surface area contributed by atoms with Crippen molar-refractivity contribution < 1.29 is 4.39 Å². The number of nitrogens with one attached hydrogen (secondary N) is 1. The van der Waals surface area contributed by atoms with Gasteiger partial charge in [0.15, 0.2) is 5.65 Å². The highest BCUT2D eigenvalue weighted by Gasteiger charge is 2.14. The number of fused-ring (bicyclic) bond motifs is 1. The van der Waals surface area contributed by atoms with E-state index in [0.717, 1.165) is 33.6 Å². The summed E-state index contributed by atoms with van der Waals surface area (Å²) in [6, 6.07) is 10.5. The quantitative estimate of drug-likeness (QED) is 0.432. The highest BCUT2D eigenvalue weighted by Crippen LogP contribution is 2.24. The molecule has 0 spiro atoms. The van der Waals surface area contributed by atoms with Crippen LogP contribution in [0, 0.1) is 19.7 Å². The molecule has 32 heavy (non-hydrogen) atoms. The van der Waals surface area contributed by atoms with E-state index in [4.69, 9.17) is 4.98 Å². The number of hydrogen-bond donors (Lipinski definition) is 1. The largest absolute Gasteiger partial charge is 0.363 e. The molecule has 1 N–H and O–H groups in total. The van der Waals surface area contributed by atoms with Crippen molar-refractivity contribution in [1.82, 2.24) is 29.4 Å². The van der Waals surface area contributed by atoms with E-state index < -0.39 is 0 Å². The fourth-order valence-electron chi connectivity index (χ4n) is 3.72. The molecule has 5 rings (SSSR count). The summed E-state index contributed by atoms with van der Waals surface area (Å²) >= 11 is 0. The van der Waals surface area contributed by atoms with Crippen molar-refractivity contribution in [3.63, 3.8) is 0 Å². The zero-order chi connectivity index (χ0) is 22.2. The van der Waals surface area contributed by atoms with Gasteiger partial charge in [0, 0.05) is 35.4 Å². The SMILES string of the molecule is Cc1ccc(-c2cnn(-c3cnn4ccc(N[C@H](C)c5cc(F)ccc5C)nc34)c2)cn1. The lowest BCUT2D eigenvalue weighted by molar-refractivity contribution is 0.622. The molecule has 1 aromatic carbocycles. The average Bonchev–Trinajstić information content (AvgIpc) is 3.43. The molecule has 160 valence electrons. The van der Waals surface area contributed by atoms with Crippen LogP contribution in [0.1, 0.15) is 29.8 Å². The van der Waals surface area contributed by atoms with Gasteiger partial charge in [0.05, 0.1) is 18.4 Å². The van der Waals surface area contributed by atoms with Gasteiger partial charge in [0.25, 0.3) is 0 Å². The van der Waals surface area contributed by atoms with Gasteiger partial charge in [0.2, 0.25) is 0 Å². The molecule has 0 aliphatic heterocycles. The molecule has 8 heteroatoms. The summed E-state index contributed by atoms with van der Waals surface area (Å²) in [4.78, 5) is 9.10. The van der Waals surface area contributed by atoms with Gasteiger partial charge >= 0.3 is 0 Å². The van der Waals surface area contributed by atoms with Crippen LogP contribution in [0.15, 0.2) is 67.4 Å². The van der Waals surface area contributed by atoms with Gasteiger partial charge < -0.3 is 5.32 Å². The first-order valence-corrected chi connectivity index (χ1v) is 10.3. The molecule has 0 saturated carbocycles. The lowest BCUT2D eigenvalue weighted by Crippen LogP contribution is -2.10. The van der Waals surface area contributed by atoms with E-state index in [1.807, 2.05) is 57.6 Å². The van der Waals surface area contributed by atoms with Crippen LogP contribution in [0.25, 0.3) is 22.5 Å². The van der Waals surface area contributed by atoms with Gasteiger partial charge in [-0.25, -0.2) is 18.6 Å². The Balaban J connectivity index is 1.45. The highest BCUT2D eigenvalue weighted by molar-refractivity contribution is 5.64. The predicted molar refractivity (Wildman–Crippen MR) is 121 cm³/mol. The fourth-order valence-corrected chi connectivity index (χ4v) is 3.72. The van der Waals surface area contributed by atoms with Crippen molar-refractivity contribution in [1.29, 1.82) is 0 Å². The number of halogens is 1. The minimum absolute atomic E-state index is 0.114. The summed E-state index contributed by atoms with van der Waals surface area (Å²) in [5, 5.41) is 12.3. The topological polar surface area (TPSA) is 72.9 Å². The molecule has 0 fully saturated rings. The second kappa shape index (κ2) is 7.88. The third-order valence-electron chi connectivity index (χ3n) is 5.50. The molecule has 0 bridgehead atoms. The number of hydrogen-bond acceptors (Lipinski definition) is 5. The van der Waals surface area contributed by atoms with Crippen LogP contribution in [-0.2, 0) is 0 Å². The summed E-state index contributed by atoms with van der Waals surface area (Å²) in [6.07, 6.45) is 9.14. The van der Waals surface area contributed by atoms with E-state index >= 15 is 0 Å². The zero-order valence-electron chi connectivity index (χ0n) is 18.0. The number of anilines is 1. The van der Waals surface area contributed by atoms with Crippen molar-refractivity contribution in [2.75, 3.05) is 5.32 Å². The molecule has 0 radical (unpaired) electrons. The molecular weight excluding hydrogens is 405 g/mol. The second-order valence-electron chi connectivity index (χ2n) is 7.84. The fraction of sp³-hybridized carbons (Fsp3) is 0.167. The summed E-state index contributed by atoms with van der Waals surface area (Å²) in [5.74, 6) is 0.421. The molecule has 0 unspecified atom stereocenters. The third-order valence-corrected chi connectivity index (χ3v) is 5.50. The van der Waals surface area contributed by atoms with Crippen LogP contribution < -0.4 is 5.32 Å². The molecule has 4 heterocycles. The van der Waals surface area contributed by atoms with Crippen molar-refractivity contribution >= 4 is 11.5 Å². The van der Waals surface area contributed by atoms with Gasteiger partial charge in [0.1, 0.15) is 17.3 Å². The number of benzene rings is 1. The molecule has 4 aromatic heterocycles. The maximum atomic E-state index is 13.7. The molecule has 0 saturated heterocycles. The minimum Gasteiger partial charge on any atom is -0.363 e. The maximum Gasteiger partial charge on any atom is 0.183 e. The van der Waals surface area contributed by atoms with E-state index in [0.29, 0.717) is 11.5 Å². The van der Waals surface area contributed by atoms with Crippen LogP contribution in [0.2, 0.25) is 0 Å². The number of pyridine rings is 1. The maximum absolute atomic E-state index is 13.7. The van der Waals surface area contributed by atoms with Gasteiger partial charge in [-0.1, -0.05) is 12.1 Å². The second-order valence-corrected chi connectivity index (χ2v) is 7.84. The standard InChI is InChI=1S/C24H22FN7/c1-15-4-7-20(25)10-21(15)17(3)29-23-8-9-31-24(30-23)22(13-28-31)32-14-19(12-27-32)18-6-5-16(2)26-11-18/h4-14,17H,1-3H3,(H,29,30)/t17-/m1/s1. The molecule has 0 amide bonds. The smallest absolute Gasteiger partial charge is 0.183 e.